The first-order chi connectivity index (χ1) is 13.3. The average molecular weight is 435 g/mol. The van der Waals surface area contributed by atoms with E-state index in [1.807, 2.05) is 19.9 Å². The standard InChI is InChI=1S/C18H15ClN4O3S2/c1-11(2)17-21-18(27-22-17)23-28(24,25)13-8-6-12(7-9-13)26-16-5-3-4-15(19)14(16)10-20/h3-9,11H,1-2H3,(H,21,22,23). The normalized spacial score (nSPS) is 11.2. The highest BCUT2D eigenvalue weighted by atomic mass is 35.5. The maximum Gasteiger partial charge on any atom is 0.263 e. The van der Waals surface area contributed by atoms with Crippen molar-refractivity contribution in [3.05, 3.63) is 58.9 Å². The molecule has 0 bridgehead atoms. The van der Waals surface area contributed by atoms with Gasteiger partial charge in [0.2, 0.25) is 5.13 Å². The van der Waals surface area contributed by atoms with Crippen LogP contribution in [0.5, 0.6) is 11.5 Å². The summed E-state index contributed by atoms with van der Waals surface area (Å²) in [7, 11) is -3.81. The Morgan fingerprint density at radius 2 is 1.93 bits per heavy atom. The Labute approximate surface area is 171 Å². The van der Waals surface area contributed by atoms with E-state index in [1.54, 1.807) is 18.2 Å². The Bertz CT molecular complexity index is 1140. The molecule has 2 aromatic carbocycles. The van der Waals surface area contributed by atoms with Gasteiger partial charge in [0.05, 0.1) is 9.92 Å². The summed E-state index contributed by atoms with van der Waals surface area (Å²) in [6, 6.07) is 12.6. The number of rotatable bonds is 6. The SMILES string of the molecule is CC(C)c1nsc(NS(=O)(=O)c2ccc(Oc3cccc(Cl)c3C#N)cc2)n1. The van der Waals surface area contributed by atoms with E-state index in [9.17, 15) is 13.7 Å². The molecule has 0 saturated carbocycles. The fourth-order valence-electron chi connectivity index (χ4n) is 2.20. The van der Waals surface area contributed by atoms with E-state index in [2.05, 4.69) is 14.1 Å². The van der Waals surface area contributed by atoms with E-state index >= 15 is 0 Å². The van der Waals surface area contributed by atoms with Crippen molar-refractivity contribution < 1.29 is 13.2 Å². The van der Waals surface area contributed by atoms with Crippen LogP contribution in [0.2, 0.25) is 5.02 Å². The second-order valence-electron chi connectivity index (χ2n) is 6.02. The number of anilines is 1. The molecule has 0 aliphatic rings. The zero-order valence-corrected chi connectivity index (χ0v) is 17.3. The molecule has 0 spiro atoms. The summed E-state index contributed by atoms with van der Waals surface area (Å²) in [6.07, 6.45) is 0. The lowest BCUT2D eigenvalue weighted by Gasteiger charge is -2.09. The van der Waals surface area contributed by atoms with Gasteiger partial charge in [0.1, 0.15) is 29.0 Å². The van der Waals surface area contributed by atoms with Crippen LogP contribution in [0.15, 0.2) is 47.4 Å². The molecule has 1 aromatic heterocycles. The molecule has 0 fully saturated rings. The van der Waals surface area contributed by atoms with Crippen LogP contribution in [-0.4, -0.2) is 17.8 Å². The summed E-state index contributed by atoms with van der Waals surface area (Å²) in [6.45, 7) is 3.85. The first-order valence-electron chi connectivity index (χ1n) is 8.13. The van der Waals surface area contributed by atoms with E-state index in [0.29, 0.717) is 17.3 Å². The average Bonchev–Trinajstić information content (AvgIpc) is 3.10. The predicted molar refractivity (Wildman–Crippen MR) is 107 cm³/mol. The number of nitrogens with one attached hydrogen (secondary N) is 1. The highest BCUT2D eigenvalue weighted by molar-refractivity contribution is 7.93. The lowest BCUT2D eigenvalue weighted by molar-refractivity contribution is 0.480. The Morgan fingerprint density at radius 3 is 2.54 bits per heavy atom. The summed E-state index contributed by atoms with van der Waals surface area (Å²) in [5, 5.41) is 9.68. The van der Waals surface area contributed by atoms with Crippen LogP contribution in [0.4, 0.5) is 5.13 Å². The first-order valence-corrected chi connectivity index (χ1v) is 10.8. The van der Waals surface area contributed by atoms with Crippen LogP contribution in [0.25, 0.3) is 0 Å². The predicted octanol–water partition coefficient (Wildman–Crippen LogP) is 4.78. The van der Waals surface area contributed by atoms with Gasteiger partial charge in [0.15, 0.2) is 0 Å². The van der Waals surface area contributed by atoms with Crippen LogP contribution in [0, 0.1) is 11.3 Å². The van der Waals surface area contributed by atoms with Gasteiger partial charge in [-0.15, -0.1) is 0 Å². The minimum atomic E-state index is -3.81. The number of hydrogen-bond acceptors (Lipinski definition) is 7. The van der Waals surface area contributed by atoms with E-state index in [-0.39, 0.29) is 26.5 Å². The van der Waals surface area contributed by atoms with Crippen molar-refractivity contribution in [2.45, 2.75) is 24.7 Å². The molecule has 0 aliphatic carbocycles. The molecule has 1 heterocycles. The molecular formula is C18H15ClN4O3S2. The minimum Gasteiger partial charge on any atom is -0.456 e. The Kier molecular flexibility index (Phi) is 5.84. The third-order valence-corrected chi connectivity index (χ3v) is 6.07. The number of nitrogens with zero attached hydrogens (tertiary/aromatic N) is 3. The molecule has 1 N–H and O–H groups in total. The van der Waals surface area contributed by atoms with Gasteiger partial charge in [0, 0.05) is 17.5 Å². The molecule has 3 aromatic rings. The van der Waals surface area contributed by atoms with Gasteiger partial charge in [-0.25, -0.2) is 13.4 Å². The van der Waals surface area contributed by atoms with Crippen molar-refractivity contribution >= 4 is 38.3 Å². The van der Waals surface area contributed by atoms with Crippen LogP contribution >= 0.6 is 23.1 Å². The molecule has 7 nitrogen and oxygen atoms in total. The molecule has 0 radical (unpaired) electrons. The van der Waals surface area contributed by atoms with Crippen molar-refractivity contribution in [2.24, 2.45) is 0 Å². The van der Waals surface area contributed by atoms with Crippen molar-refractivity contribution in [3.63, 3.8) is 0 Å². The molecular weight excluding hydrogens is 420 g/mol. The molecule has 0 atom stereocenters. The van der Waals surface area contributed by atoms with E-state index in [0.717, 1.165) is 11.5 Å². The molecule has 3 rings (SSSR count). The van der Waals surface area contributed by atoms with E-state index < -0.39 is 10.0 Å². The van der Waals surface area contributed by atoms with Crippen LogP contribution in [0.3, 0.4) is 0 Å². The summed E-state index contributed by atoms with van der Waals surface area (Å²) in [5.74, 6) is 1.35. The van der Waals surface area contributed by atoms with Crippen LogP contribution < -0.4 is 9.46 Å². The van der Waals surface area contributed by atoms with E-state index in [1.165, 1.54) is 24.3 Å². The lowest BCUT2D eigenvalue weighted by Crippen LogP contribution is -2.12. The van der Waals surface area contributed by atoms with Gasteiger partial charge < -0.3 is 4.74 Å². The number of ether oxygens (including phenoxy) is 1. The Morgan fingerprint density at radius 1 is 1.21 bits per heavy atom. The lowest BCUT2D eigenvalue weighted by atomic mass is 10.2. The summed E-state index contributed by atoms with van der Waals surface area (Å²) in [5.41, 5.74) is 0.208. The van der Waals surface area contributed by atoms with E-state index in [4.69, 9.17) is 16.3 Å². The Balaban J connectivity index is 1.78. The minimum absolute atomic E-state index is 0.0488. The topological polar surface area (TPSA) is 105 Å². The zero-order chi connectivity index (χ0) is 20.3. The van der Waals surface area contributed by atoms with Crippen molar-refractivity contribution in [1.29, 1.82) is 5.26 Å². The smallest absolute Gasteiger partial charge is 0.263 e. The number of sulfonamides is 1. The number of hydrogen-bond donors (Lipinski definition) is 1. The second kappa shape index (κ2) is 8.14. The molecule has 0 aliphatic heterocycles. The molecule has 0 saturated heterocycles. The summed E-state index contributed by atoms with van der Waals surface area (Å²) < 4.78 is 37.2. The number of aromatic nitrogens is 2. The third-order valence-electron chi connectivity index (χ3n) is 3.63. The van der Waals surface area contributed by atoms with Gasteiger partial charge in [-0.2, -0.15) is 9.64 Å². The maximum absolute atomic E-state index is 12.5. The molecule has 0 amide bonds. The largest absolute Gasteiger partial charge is 0.456 e. The van der Waals surface area contributed by atoms with Gasteiger partial charge in [-0.05, 0) is 36.4 Å². The highest BCUT2D eigenvalue weighted by Gasteiger charge is 2.18. The monoisotopic (exact) mass is 434 g/mol. The first kappa shape index (κ1) is 20.1. The maximum atomic E-state index is 12.5. The van der Waals surface area contributed by atoms with Gasteiger partial charge in [-0.3, -0.25) is 4.72 Å². The third kappa shape index (κ3) is 4.42. The van der Waals surface area contributed by atoms with Crippen LogP contribution in [-0.2, 0) is 10.0 Å². The molecule has 10 heteroatoms. The molecule has 0 unspecified atom stereocenters. The number of benzene rings is 2. The van der Waals surface area contributed by atoms with Gasteiger partial charge in [0.25, 0.3) is 10.0 Å². The Hall–Kier alpha value is -2.67. The zero-order valence-electron chi connectivity index (χ0n) is 14.9. The summed E-state index contributed by atoms with van der Waals surface area (Å²) >= 11 is 6.97. The number of halogens is 1. The van der Waals surface area contributed by atoms with Gasteiger partial charge in [-0.1, -0.05) is 31.5 Å². The number of nitriles is 1. The van der Waals surface area contributed by atoms with Crippen molar-refractivity contribution in [3.8, 4) is 17.6 Å². The van der Waals surface area contributed by atoms with Crippen molar-refractivity contribution in [1.82, 2.24) is 9.36 Å². The second-order valence-corrected chi connectivity index (χ2v) is 8.86. The fourth-order valence-corrected chi connectivity index (χ4v) is 4.34. The molecule has 28 heavy (non-hydrogen) atoms. The quantitative estimate of drug-likeness (QED) is 0.598. The fraction of sp³-hybridized carbons (Fsp3) is 0.167. The van der Waals surface area contributed by atoms with Crippen LogP contribution in [0.1, 0.15) is 31.2 Å². The highest BCUT2D eigenvalue weighted by Crippen LogP contribution is 2.30. The molecule has 144 valence electrons. The van der Waals surface area contributed by atoms with Crippen molar-refractivity contribution in [2.75, 3.05) is 4.72 Å². The summed E-state index contributed by atoms with van der Waals surface area (Å²) in [4.78, 5) is 4.22. The van der Waals surface area contributed by atoms with Gasteiger partial charge >= 0.3 is 0 Å².